The number of rotatable bonds is 3. The maximum absolute atomic E-state index is 12.2. The summed E-state index contributed by atoms with van der Waals surface area (Å²) in [7, 11) is 0. The fourth-order valence-electron chi connectivity index (χ4n) is 2.63. The molecule has 0 N–H and O–H groups in total. The zero-order valence-electron chi connectivity index (χ0n) is 12.8. The number of fused-ring (bicyclic) bond motifs is 1. The first-order valence-corrected chi connectivity index (χ1v) is 9.70. The van der Waals surface area contributed by atoms with Gasteiger partial charge in [0.25, 0.3) is 0 Å². The average Bonchev–Trinajstić information content (AvgIpc) is 2.98. The Bertz CT molecular complexity index is 868. The average molecular weight is 377 g/mol. The van der Waals surface area contributed by atoms with Crippen LogP contribution < -0.4 is 0 Å². The van der Waals surface area contributed by atoms with Gasteiger partial charge in [-0.2, -0.15) is 5.26 Å². The molecule has 4 nitrogen and oxygen atoms in total. The molecule has 0 bridgehead atoms. The highest BCUT2D eigenvalue weighted by molar-refractivity contribution is 8.00. The van der Waals surface area contributed by atoms with Crippen LogP contribution in [-0.2, 0) is 11.3 Å². The number of thiophene rings is 1. The molecule has 1 aliphatic carbocycles. The van der Waals surface area contributed by atoms with Gasteiger partial charge in [-0.1, -0.05) is 28.9 Å². The number of thioether (sulfide) groups is 1. The van der Waals surface area contributed by atoms with Crippen LogP contribution in [0.1, 0.15) is 39.2 Å². The van der Waals surface area contributed by atoms with Crippen LogP contribution >= 0.6 is 34.7 Å². The Balaban J connectivity index is 1.91. The van der Waals surface area contributed by atoms with Gasteiger partial charge in [-0.25, -0.2) is 4.79 Å². The predicted molar refractivity (Wildman–Crippen MR) is 97.2 cm³/mol. The Morgan fingerprint density at radius 3 is 2.92 bits per heavy atom. The smallest absolute Gasteiger partial charge is 0.312 e. The topological polar surface area (TPSA) is 62.4 Å². The number of halogens is 1. The monoisotopic (exact) mass is 376 g/mol. The van der Waals surface area contributed by atoms with Crippen molar-refractivity contribution in [3.63, 3.8) is 0 Å². The van der Waals surface area contributed by atoms with Crippen molar-refractivity contribution < 1.29 is 9.63 Å². The molecule has 3 rings (SSSR count). The molecule has 1 aliphatic rings. The summed E-state index contributed by atoms with van der Waals surface area (Å²) in [4.78, 5) is 18.0. The molecule has 1 heterocycles. The van der Waals surface area contributed by atoms with Crippen LogP contribution in [-0.4, -0.2) is 17.9 Å². The highest BCUT2D eigenvalue weighted by atomic mass is 35.5. The second kappa shape index (κ2) is 7.39. The van der Waals surface area contributed by atoms with Crippen molar-refractivity contribution >= 4 is 46.4 Å². The fraction of sp³-hybridized carbons (Fsp3) is 0.235. The van der Waals surface area contributed by atoms with Gasteiger partial charge >= 0.3 is 5.97 Å². The molecule has 0 atom stereocenters. The van der Waals surface area contributed by atoms with Gasteiger partial charge in [-0.3, -0.25) is 0 Å². The molecule has 2 aromatic rings. The second-order valence-electron chi connectivity index (χ2n) is 5.14. The largest absolute Gasteiger partial charge is 0.367 e. The predicted octanol–water partition coefficient (Wildman–Crippen LogP) is 4.89. The molecule has 0 aliphatic heterocycles. The van der Waals surface area contributed by atoms with E-state index < -0.39 is 5.97 Å². The van der Waals surface area contributed by atoms with Crippen molar-refractivity contribution in [2.24, 2.45) is 5.16 Å². The molecule has 0 spiro atoms. The Kier molecular flexibility index (Phi) is 5.24. The van der Waals surface area contributed by atoms with Crippen LogP contribution in [0.4, 0.5) is 0 Å². The third kappa shape index (κ3) is 3.20. The van der Waals surface area contributed by atoms with E-state index in [9.17, 15) is 10.1 Å². The minimum absolute atomic E-state index is 0.285. The summed E-state index contributed by atoms with van der Waals surface area (Å²) in [5.41, 5.74) is 2.99. The summed E-state index contributed by atoms with van der Waals surface area (Å²) >= 11 is 9.06. The zero-order chi connectivity index (χ0) is 17.1. The van der Waals surface area contributed by atoms with Crippen molar-refractivity contribution in [1.29, 1.82) is 5.26 Å². The second-order valence-corrected chi connectivity index (χ2v) is 7.64. The Morgan fingerprint density at radius 1 is 1.42 bits per heavy atom. The minimum atomic E-state index is -0.582. The molecule has 24 heavy (non-hydrogen) atoms. The molecule has 0 radical (unpaired) electrons. The number of benzene rings is 1. The van der Waals surface area contributed by atoms with Gasteiger partial charge < -0.3 is 4.84 Å². The number of hydrogen-bond donors (Lipinski definition) is 0. The standard InChI is InChI=1S/C17H13ClN2O2S2/c1-23-17-15-11(14(9-19)24-17)6-4-8-13(15)20-22-16(21)10-5-2-3-7-12(10)18/h2-3,5,7H,4,6,8H2,1H3/b20-13-. The highest BCUT2D eigenvalue weighted by Crippen LogP contribution is 2.39. The van der Waals surface area contributed by atoms with Crippen LogP contribution in [0.3, 0.4) is 0 Å². The van der Waals surface area contributed by atoms with E-state index in [1.165, 1.54) is 11.3 Å². The molecular weight excluding hydrogens is 364 g/mol. The van der Waals surface area contributed by atoms with Crippen LogP contribution in [0.2, 0.25) is 5.02 Å². The van der Waals surface area contributed by atoms with E-state index >= 15 is 0 Å². The van der Waals surface area contributed by atoms with Gasteiger partial charge in [0.05, 0.1) is 20.5 Å². The first-order valence-electron chi connectivity index (χ1n) is 7.28. The van der Waals surface area contributed by atoms with Crippen molar-refractivity contribution in [3.8, 4) is 6.07 Å². The third-order valence-electron chi connectivity index (χ3n) is 3.72. The normalized spacial score (nSPS) is 15.0. The maximum Gasteiger partial charge on any atom is 0.367 e. The summed E-state index contributed by atoms with van der Waals surface area (Å²) < 4.78 is 1.04. The van der Waals surface area contributed by atoms with Gasteiger partial charge in [-0.15, -0.1) is 23.1 Å². The summed E-state index contributed by atoms with van der Waals surface area (Å²) in [6.07, 6.45) is 4.43. The molecule has 7 heteroatoms. The number of carbonyl (C=O) groups is 1. The number of oxime groups is 1. The van der Waals surface area contributed by atoms with Gasteiger partial charge in [0, 0.05) is 5.56 Å². The lowest BCUT2D eigenvalue weighted by Crippen LogP contribution is -2.13. The van der Waals surface area contributed by atoms with E-state index in [2.05, 4.69) is 11.2 Å². The quantitative estimate of drug-likeness (QED) is 0.434. The van der Waals surface area contributed by atoms with Crippen LogP contribution in [0.25, 0.3) is 0 Å². The van der Waals surface area contributed by atoms with E-state index in [1.807, 2.05) is 6.26 Å². The summed E-state index contributed by atoms with van der Waals surface area (Å²) in [6, 6.07) is 8.95. The summed E-state index contributed by atoms with van der Waals surface area (Å²) in [6.45, 7) is 0. The Morgan fingerprint density at radius 2 is 2.21 bits per heavy atom. The highest BCUT2D eigenvalue weighted by Gasteiger charge is 2.26. The van der Waals surface area contributed by atoms with Crippen LogP contribution in [0, 0.1) is 11.3 Å². The lowest BCUT2D eigenvalue weighted by atomic mass is 9.92. The number of nitrogens with zero attached hydrogens (tertiary/aromatic N) is 2. The fourth-order valence-corrected chi connectivity index (χ4v) is 4.77. The SMILES string of the molecule is CSc1sc(C#N)c2c1/C(=N\OC(=O)c1ccccc1Cl)CCC2. The first kappa shape index (κ1) is 17.0. The molecule has 0 fully saturated rings. The Labute approximate surface area is 153 Å². The van der Waals surface area contributed by atoms with E-state index in [0.717, 1.165) is 45.2 Å². The molecule has 0 unspecified atom stereocenters. The van der Waals surface area contributed by atoms with E-state index in [1.54, 1.807) is 36.0 Å². The first-order chi connectivity index (χ1) is 11.7. The molecular formula is C17H13ClN2O2S2. The summed E-state index contributed by atoms with van der Waals surface area (Å²) in [5, 5.41) is 13.7. The van der Waals surface area contributed by atoms with Crippen molar-refractivity contribution in [3.05, 3.63) is 50.9 Å². The third-order valence-corrected chi connectivity index (χ3v) is 6.31. The lowest BCUT2D eigenvalue weighted by molar-refractivity contribution is 0.0515. The Hall–Kier alpha value is -1.81. The van der Waals surface area contributed by atoms with Crippen molar-refractivity contribution in [1.82, 2.24) is 0 Å². The molecule has 1 aromatic heterocycles. The van der Waals surface area contributed by atoms with Crippen molar-refractivity contribution in [2.45, 2.75) is 23.5 Å². The zero-order valence-corrected chi connectivity index (χ0v) is 15.2. The molecule has 1 aromatic carbocycles. The summed E-state index contributed by atoms with van der Waals surface area (Å²) in [5.74, 6) is -0.582. The van der Waals surface area contributed by atoms with Gasteiger partial charge in [0.2, 0.25) is 0 Å². The molecule has 122 valence electrons. The number of hydrogen-bond acceptors (Lipinski definition) is 6. The lowest BCUT2D eigenvalue weighted by Gasteiger charge is -2.15. The number of carbonyl (C=O) groups excluding carboxylic acids is 1. The molecule has 0 saturated carbocycles. The number of nitriles is 1. The van der Waals surface area contributed by atoms with Crippen molar-refractivity contribution in [2.75, 3.05) is 6.26 Å². The van der Waals surface area contributed by atoms with Crippen LogP contribution in [0.5, 0.6) is 0 Å². The van der Waals surface area contributed by atoms with Crippen LogP contribution in [0.15, 0.2) is 33.6 Å². The maximum atomic E-state index is 12.2. The van der Waals surface area contributed by atoms with Gasteiger partial charge in [0.1, 0.15) is 10.9 Å². The van der Waals surface area contributed by atoms with E-state index in [0.29, 0.717) is 5.02 Å². The minimum Gasteiger partial charge on any atom is -0.312 e. The van der Waals surface area contributed by atoms with Gasteiger partial charge in [-0.05, 0) is 43.2 Å². The van der Waals surface area contributed by atoms with E-state index in [-0.39, 0.29) is 5.56 Å². The molecule has 0 saturated heterocycles. The van der Waals surface area contributed by atoms with E-state index in [4.69, 9.17) is 16.4 Å². The molecule has 0 amide bonds. The van der Waals surface area contributed by atoms with Gasteiger partial charge in [0.15, 0.2) is 0 Å².